The molecule has 2 rings (SSSR count). The number of aromatic hydroxyl groups is 1. The molecule has 0 fully saturated rings. The molecular formula is C14H21NO. The fourth-order valence-corrected chi connectivity index (χ4v) is 2.29. The van der Waals surface area contributed by atoms with Crippen molar-refractivity contribution in [3.05, 3.63) is 29.3 Å². The average molecular weight is 219 g/mol. The lowest BCUT2D eigenvalue weighted by Crippen LogP contribution is -2.39. The number of benzene rings is 1. The number of fused-ring (bicyclic) bond motifs is 1. The number of hydrogen-bond acceptors (Lipinski definition) is 2. The van der Waals surface area contributed by atoms with E-state index in [9.17, 15) is 5.11 Å². The van der Waals surface area contributed by atoms with Gasteiger partial charge in [0, 0.05) is 5.54 Å². The maximum absolute atomic E-state index is 9.43. The van der Waals surface area contributed by atoms with E-state index in [1.54, 1.807) is 6.07 Å². The molecule has 0 bridgehead atoms. The van der Waals surface area contributed by atoms with Crippen LogP contribution in [0.25, 0.3) is 0 Å². The Kier molecular flexibility index (Phi) is 2.94. The molecule has 0 aromatic heterocycles. The van der Waals surface area contributed by atoms with Gasteiger partial charge >= 0.3 is 0 Å². The van der Waals surface area contributed by atoms with Crippen LogP contribution in [0.5, 0.6) is 5.75 Å². The first-order valence-electron chi connectivity index (χ1n) is 6.00. The van der Waals surface area contributed by atoms with Crippen molar-refractivity contribution in [3.8, 4) is 5.75 Å². The highest BCUT2D eigenvalue weighted by atomic mass is 16.3. The molecule has 1 aliphatic carbocycles. The van der Waals surface area contributed by atoms with E-state index in [2.05, 4.69) is 32.2 Å². The van der Waals surface area contributed by atoms with E-state index in [4.69, 9.17) is 0 Å². The van der Waals surface area contributed by atoms with Crippen LogP contribution in [0.4, 0.5) is 0 Å². The Morgan fingerprint density at radius 1 is 1.25 bits per heavy atom. The lowest BCUT2D eigenvalue weighted by molar-refractivity contribution is 0.376. The van der Waals surface area contributed by atoms with Gasteiger partial charge in [0.25, 0.3) is 0 Å². The van der Waals surface area contributed by atoms with Crippen LogP contribution in [0.1, 0.15) is 31.9 Å². The summed E-state index contributed by atoms with van der Waals surface area (Å²) in [4.78, 5) is 0. The van der Waals surface area contributed by atoms with Gasteiger partial charge < -0.3 is 10.4 Å². The first-order valence-corrected chi connectivity index (χ1v) is 6.00. The van der Waals surface area contributed by atoms with Crippen LogP contribution < -0.4 is 5.32 Å². The molecule has 0 heterocycles. The molecule has 0 saturated carbocycles. The van der Waals surface area contributed by atoms with Crippen LogP contribution in [-0.2, 0) is 12.8 Å². The Morgan fingerprint density at radius 2 is 1.94 bits per heavy atom. The summed E-state index contributed by atoms with van der Waals surface area (Å²) in [6.07, 6.45) is 2.23. The maximum Gasteiger partial charge on any atom is 0.115 e. The summed E-state index contributed by atoms with van der Waals surface area (Å²) in [5.41, 5.74) is 2.91. The molecule has 1 aromatic carbocycles. The number of phenols is 1. The molecule has 1 aliphatic rings. The highest BCUT2D eigenvalue weighted by molar-refractivity contribution is 5.38. The van der Waals surface area contributed by atoms with E-state index in [-0.39, 0.29) is 5.54 Å². The molecular weight excluding hydrogens is 198 g/mol. The highest BCUT2D eigenvalue weighted by Gasteiger charge is 2.22. The number of rotatable bonds is 2. The number of hydrogen-bond donors (Lipinski definition) is 2. The first kappa shape index (κ1) is 11.5. The quantitative estimate of drug-likeness (QED) is 0.801. The first-order chi connectivity index (χ1) is 7.44. The Balaban J connectivity index is 1.95. The summed E-state index contributed by atoms with van der Waals surface area (Å²) in [5, 5.41) is 13.0. The van der Waals surface area contributed by atoms with Crippen molar-refractivity contribution in [3.63, 3.8) is 0 Å². The van der Waals surface area contributed by atoms with E-state index in [1.165, 1.54) is 11.1 Å². The summed E-state index contributed by atoms with van der Waals surface area (Å²) in [7, 11) is 0. The smallest absolute Gasteiger partial charge is 0.115 e. The van der Waals surface area contributed by atoms with Crippen LogP contribution >= 0.6 is 0 Å². The van der Waals surface area contributed by atoms with Crippen LogP contribution in [0.15, 0.2) is 18.2 Å². The summed E-state index contributed by atoms with van der Waals surface area (Å²) in [6.45, 7) is 7.64. The van der Waals surface area contributed by atoms with Crippen molar-refractivity contribution < 1.29 is 5.11 Å². The lowest BCUT2D eigenvalue weighted by Gasteiger charge is -2.23. The molecule has 1 atom stereocenters. The fraction of sp³-hybridized carbons (Fsp3) is 0.571. The van der Waals surface area contributed by atoms with Crippen LogP contribution in [0, 0.1) is 5.92 Å². The second kappa shape index (κ2) is 4.10. The highest BCUT2D eigenvalue weighted by Crippen LogP contribution is 2.29. The van der Waals surface area contributed by atoms with Gasteiger partial charge in [0.15, 0.2) is 0 Å². The Labute approximate surface area is 97.7 Å². The number of phenolic OH excluding ortho intramolecular Hbond substituents is 1. The van der Waals surface area contributed by atoms with Crippen LogP contribution in [-0.4, -0.2) is 17.2 Å². The summed E-state index contributed by atoms with van der Waals surface area (Å²) in [6, 6.07) is 5.76. The van der Waals surface area contributed by atoms with Gasteiger partial charge in [0.05, 0.1) is 0 Å². The van der Waals surface area contributed by atoms with E-state index in [1.807, 2.05) is 6.07 Å². The van der Waals surface area contributed by atoms with Crippen LogP contribution in [0.3, 0.4) is 0 Å². The predicted molar refractivity (Wildman–Crippen MR) is 66.8 cm³/mol. The molecule has 16 heavy (non-hydrogen) atoms. The van der Waals surface area contributed by atoms with Crippen LogP contribution in [0.2, 0.25) is 0 Å². The maximum atomic E-state index is 9.43. The Hall–Kier alpha value is -1.02. The van der Waals surface area contributed by atoms with Gasteiger partial charge in [-0.15, -0.1) is 0 Å². The Morgan fingerprint density at radius 3 is 2.62 bits per heavy atom. The van der Waals surface area contributed by atoms with Gasteiger partial charge in [0.1, 0.15) is 5.75 Å². The second-order valence-electron chi connectivity index (χ2n) is 5.86. The fourth-order valence-electron chi connectivity index (χ4n) is 2.29. The topological polar surface area (TPSA) is 32.3 Å². The second-order valence-corrected chi connectivity index (χ2v) is 5.86. The van der Waals surface area contributed by atoms with Gasteiger partial charge in [-0.25, -0.2) is 0 Å². The molecule has 2 nitrogen and oxygen atoms in total. The minimum absolute atomic E-state index is 0.191. The monoisotopic (exact) mass is 219 g/mol. The van der Waals surface area contributed by atoms with Crippen molar-refractivity contribution in [2.45, 2.75) is 39.2 Å². The SMILES string of the molecule is CC(C)(C)NCC1Cc2ccc(O)cc2C1. The van der Waals surface area contributed by atoms with E-state index < -0.39 is 0 Å². The molecule has 2 heteroatoms. The van der Waals surface area contributed by atoms with Crippen molar-refractivity contribution >= 4 is 0 Å². The zero-order valence-corrected chi connectivity index (χ0v) is 10.4. The Bertz CT molecular complexity index is 379. The van der Waals surface area contributed by atoms with Gasteiger partial charge in [-0.05, 0) is 69.3 Å². The van der Waals surface area contributed by atoms with Gasteiger partial charge in [0.2, 0.25) is 0 Å². The van der Waals surface area contributed by atoms with E-state index in [0.717, 1.165) is 19.4 Å². The van der Waals surface area contributed by atoms with Crippen molar-refractivity contribution in [1.82, 2.24) is 5.32 Å². The molecule has 0 aliphatic heterocycles. The van der Waals surface area contributed by atoms with Crippen molar-refractivity contribution in [2.24, 2.45) is 5.92 Å². The third kappa shape index (κ3) is 2.76. The van der Waals surface area contributed by atoms with Gasteiger partial charge in [-0.1, -0.05) is 6.07 Å². The van der Waals surface area contributed by atoms with Gasteiger partial charge in [-0.3, -0.25) is 0 Å². The number of nitrogens with one attached hydrogen (secondary N) is 1. The van der Waals surface area contributed by atoms with Crippen molar-refractivity contribution in [2.75, 3.05) is 6.54 Å². The molecule has 0 radical (unpaired) electrons. The standard InChI is InChI=1S/C14H21NO/c1-14(2,3)15-9-10-6-11-4-5-13(16)8-12(11)7-10/h4-5,8,10,15-16H,6-7,9H2,1-3H3. The molecule has 0 saturated heterocycles. The summed E-state index contributed by atoms with van der Waals surface area (Å²) >= 11 is 0. The van der Waals surface area contributed by atoms with E-state index in [0.29, 0.717) is 11.7 Å². The zero-order chi connectivity index (χ0) is 11.8. The zero-order valence-electron chi connectivity index (χ0n) is 10.4. The molecule has 0 amide bonds. The average Bonchev–Trinajstić information content (AvgIpc) is 2.55. The third-order valence-corrected chi connectivity index (χ3v) is 3.13. The molecule has 1 aromatic rings. The molecule has 1 unspecified atom stereocenters. The lowest BCUT2D eigenvalue weighted by atomic mass is 10.0. The minimum Gasteiger partial charge on any atom is -0.508 e. The normalized spacial score (nSPS) is 19.8. The molecule has 2 N–H and O–H groups in total. The minimum atomic E-state index is 0.191. The third-order valence-electron chi connectivity index (χ3n) is 3.13. The summed E-state index contributed by atoms with van der Waals surface area (Å²) in [5.74, 6) is 1.07. The summed E-state index contributed by atoms with van der Waals surface area (Å²) < 4.78 is 0. The van der Waals surface area contributed by atoms with Crippen molar-refractivity contribution in [1.29, 1.82) is 0 Å². The molecule has 0 spiro atoms. The predicted octanol–water partition coefficient (Wildman–Crippen LogP) is 2.50. The van der Waals surface area contributed by atoms with E-state index >= 15 is 0 Å². The largest absolute Gasteiger partial charge is 0.508 e. The van der Waals surface area contributed by atoms with Gasteiger partial charge in [-0.2, -0.15) is 0 Å². The molecule has 88 valence electrons.